The number of likely N-dealkylation sites (tertiary alicyclic amines) is 1. The fourth-order valence-corrected chi connectivity index (χ4v) is 4.15. The van der Waals surface area contributed by atoms with Crippen molar-refractivity contribution in [1.29, 1.82) is 0 Å². The first-order chi connectivity index (χ1) is 14.0. The van der Waals surface area contributed by atoms with Gasteiger partial charge in [-0.3, -0.25) is 9.59 Å². The number of rotatable bonds is 6. The van der Waals surface area contributed by atoms with Crippen LogP contribution in [0.4, 0.5) is 4.39 Å². The molecule has 0 saturated carbocycles. The molecule has 0 spiro atoms. The van der Waals surface area contributed by atoms with Crippen LogP contribution in [0.25, 0.3) is 0 Å². The normalized spacial score (nSPS) is 15.7. The Morgan fingerprint density at radius 2 is 1.93 bits per heavy atom. The van der Waals surface area contributed by atoms with E-state index >= 15 is 0 Å². The molecule has 1 fully saturated rings. The van der Waals surface area contributed by atoms with Crippen molar-refractivity contribution in [2.45, 2.75) is 32.1 Å². The Labute approximate surface area is 174 Å². The predicted octanol–water partition coefficient (Wildman–Crippen LogP) is 4.47. The number of aromatic nitrogens is 1. The van der Waals surface area contributed by atoms with Crippen LogP contribution < -0.4 is 0 Å². The van der Waals surface area contributed by atoms with Crippen molar-refractivity contribution in [2.24, 2.45) is 5.92 Å². The van der Waals surface area contributed by atoms with E-state index < -0.39 is 0 Å². The highest BCUT2D eigenvalue weighted by molar-refractivity contribution is 7.71. The smallest absolute Gasteiger partial charge is 0.306 e. The van der Waals surface area contributed by atoms with Gasteiger partial charge in [-0.05, 0) is 61.4 Å². The topological polar surface area (TPSA) is 62.4 Å². The SMILES string of the molecule is CCOC(=O)C[C@H](c1ccc(F)cc1)C1CCN(C(=O)c2ccc[nH]c2=S)CC1. The van der Waals surface area contributed by atoms with Crippen LogP contribution in [0.5, 0.6) is 0 Å². The summed E-state index contributed by atoms with van der Waals surface area (Å²) in [5.41, 5.74) is 1.43. The van der Waals surface area contributed by atoms with Gasteiger partial charge in [-0.2, -0.15) is 0 Å². The number of nitrogens with one attached hydrogen (secondary N) is 1. The van der Waals surface area contributed by atoms with Crippen molar-refractivity contribution in [3.8, 4) is 0 Å². The zero-order valence-electron chi connectivity index (χ0n) is 16.4. The number of carbonyl (C=O) groups excluding carboxylic acids is 2. The van der Waals surface area contributed by atoms with Gasteiger partial charge >= 0.3 is 5.97 Å². The van der Waals surface area contributed by atoms with Gasteiger partial charge in [0.1, 0.15) is 10.5 Å². The summed E-state index contributed by atoms with van der Waals surface area (Å²) < 4.78 is 18.9. The second kappa shape index (κ2) is 9.78. The maximum Gasteiger partial charge on any atom is 0.306 e. The average Bonchev–Trinajstić information content (AvgIpc) is 2.73. The quantitative estimate of drug-likeness (QED) is 0.557. The third-order valence-corrected chi connectivity index (χ3v) is 5.77. The minimum Gasteiger partial charge on any atom is -0.466 e. The molecule has 2 heterocycles. The molecule has 1 aliphatic rings. The largest absolute Gasteiger partial charge is 0.466 e. The summed E-state index contributed by atoms with van der Waals surface area (Å²) in [6.45, 7) is 3.30. The van der Waals surface area contributed by atoms with Crippen molar-refractivity contribution >= 4 is 24.1 Å². The summed E-state index contributed by atoms with van der Waals surface area (Å²) in [4.78, 5) is 29.6. The molecule has 7 heteroatoms. The standard InChI is InChI=1S/C22H25FN2O3S/c1-2-28-20(26)14-19(15-5-7-17(23)8-6-15)16-9-12-25(13-10-16)22(27)18-4-3-11-24-21(18)29/h3-8,11,16,19H,2,9-10,12-14H2,1H3,(H,24,29)/t19-/m1/s1. The number of carbonyl (C=O) groups is 2. The third-order valence-electron chi connectivity index (χ3n) is 5.43. The van der Waals surface area contributed by atoms with Crippen molar-refractivity contribution in [3.05, 3.63) is 64.2 Å². The predicted molar refractivity (Wildman–Crippen MR) is 111 cm³/mol. The number of nitrogens with zero attached hydrogens (tertiary/aromatic N) is 1. The molecule has 154 valence electrons. The number of piperidine rings is 1. The Morgan fingerprint density at radius 1 is 1.24 bits per heavy atom. The van der Waals surface area contributed by atoms with Gasteiger partial charge in [-0.25, -0.2) is 4.39 Å². The van der Waals surface area contributed by atoms with Crippen molar-refractivity contribution in [2.75, 3.05) is 19.7 Å². The highest BCUT2D eigenvalue weighted by Crippen LogP contribution is 2.36. The third kappa shape index (κ3) is 5.29. The minimum absolute atomic E-state index is 0.0634. The number of hydrogen-bond acceptors (Lipinski definition) is 4. The number of benzene rings is 1. The van der Waals surface area contributed by atoms with E-state index in [0.717, 1.165) is 18.4 Å². The summed E-state index contributed by atoms with van der Waals surface area (Å²) in [6.07, 6.45) is 3.48. The monoisotopic (exact) mass is 416 g/mol. The van der Waals surface area contributed by atoms with Gasteiger partial charge < -0.3 is 14.6 Å². The zero-order valence-corrected chi connectivity index (χ0v) is 17.2. The number of pyridine rings is 1. The number of esters is 1. The lowest BCUT2D eigenvalue weighted by Crippen LogP contribution is -2.40. The van der Waals surface area contributed by atoms with E-state index in [1.54, 1.807) is 37.4 Å². The maximum absolute atomic E-state index is 13.4. The van der Waals surface area contributed by atoms with Crippen LogP contribution in [-0.4, -0.2) is 41.5 Å². The van der Waals surface area contributed by atoms with Crippen LogP contribution in [0.2, 0.25) is 0 Å². The Kier molecular flexibility index (Phi) is 7.14. The molecule has 2 aromatic rings. The van der Waals surface area contributed by atoms with Gasteiger partial charge in [0.15, 0.2) is 0 Å². The zero-order chi connectivity index (χ0) is 20.8. The van der Waals surface area contributed by atoms with Crippen LogP contribution in [-0.2, 0) is 9.53 Å². The maximum atomic E-state index is 13.4. The molecule has 0 bridgehead atoms. The summed E-state index contributed by atoms with van der Waals surface area (Å²) >= 11 is 5.22. The lowest BCUT2D eigenvalue weighted by molar-refractivity contribution is -0.144. The summed E-state index contributed by atoms with van der Waals surface area (Å²) in [5.74, 6) is -0.487. The molecule has 29 heavy (non-hydrogen) atoms. The molecule has 1 aromatic heterocycles. The fourth-order valence-electron chi connectivity index (χ4n) is 3.93. The average molecular weight is 417 g/mol. The second-order valence-corrected chi connectivity index (χ2v) is 7.62. The van der Waals surface area contributed by atoms with Crippen LogP contribution in [0.1, 0.15) is 48.0 Å². The molecule has 1 amide bonds. The first kappa shape index (κ1) is 21.2. The van der Waals surface area contributed by atoms with Crippen molar-refractivity contribution in [3.63, 3.8) is 0 Å². The van der Waals surface area contributed by atoms with E-state index in [1.807, 2.05) is 4.90 Å². The summed E-state index contributed by atoms with van der Waals surface area (Å²) in [6, 6.07) is 9.81. The van der Waals surface area contributed by atoms with Crippen molar-refractivity contribution < 1.29 is 18.7 Å². The van der Waals surface area contributed by atoms with Crippen LogP contribution in [0, 0.1) is 16.4 Å². The number of H-pyrrole nitrogens is 1. The first-order valence-electron chi connectivity index (χ1n) is 9.87. The number of aromatic amines is 1. The number of hydrogen-bond donors (Lipinski definition) is 1. The molecule has 0 aliphatic carbocycles. The lowest BCUT2D eigenvalue weighted by atomic mass is 9.78. The van der Waals surface area contributed by atoms with Gasteiger partial charge in [-0.1, -0.05) is 24.4 Å². The number of halogens is 1. The van der Waals surface area contributed by atoms with Gasteiger partial charge in [0.25, 0.3) is 5.91 Å². The summed E-state index contributed by atoms with van der Waals surface area (Å²) in [5, 5.41) is 0. The Morgan fingerprint density at radius 3 is 2.55 bits per heavy atom. The second-order valence-electron chi connectivity index (χ2n) is 7.21. The molecule has 0 radical (unpaired) electrons. The molecule has 1 N–H and O–H groups in total. The molecule has 0 unspecified atom stereocenters. The molecular formula is C22H25FN2O3S. The Balaban J connectivity index is 1.71. The van der Waals surface area contributed by atoms with E-state index in [-0.39, 0.29) is 36.0 Å². The van der Waals surface area contributed by atoms with E-state index in [4.69, 9.17) is 17.0 Å². The van der Waals surface area contributed by atoms with Crippen molar-refractivity contribution in [1.82, 2.24) is 9.88 Å². The highest BCUT2D eigenvalue weighted by Gasteiger charge is 2.31. The molecule has 1 saturated heterocycles. The molecule has 5 nitrogen and oxygen atoms in total. The Hall–Kier alpha value is -2.54. The minimum atomic E-state index is -0.302. The molecular weight excluding hydrogens is 391 g/mol. The van der Waals surface area contributed by atoms with Gasteiger partial charge in [0, 0.05) is 19.3 Å². The summed E-state index contributed by atoms with van der Waals surface area (Å²) in [7, 11) is 0. The fraction of sp³-hybridized carbons (Fsp3) is 0.409. The van der Waals surface area contributed by atoms with E-state index in [2.05, 4.69) is 4.98 Å². The highest BCUT2D eigenvalue weighted by atomic mass is 32.1. The van der Waals surface area contributed by atoms with Gasteiger partial charge in [-0.15, -0.1) is 0 Å². The first-order valence-corrected chi connectivity index (χ1v) is 10.3. The van der Waals surface area contributed by atoms with E-state index in [9.17, 15) is 14.0 Å². The van der Waals surface area contributed by atoms with Crippen LogP contribution >= 0.6 is 12.2 Å². The van der Waals surface area contributed by atoms with Gasteiger partial charge in [0.2, 0.25) is 0 Å². The van der Waals surface area contributed by atoms with E-state index in [1.165, 1.54) is 12.1 Å². The number of ether oxygens (including phenoxy) is 1. The molecule has 1 atom stereocenters. The van der Waals surface area contributed by atoms with E-state index in [0.29, 0.717) is 29.9 Å². The van der Waals surface area contributed by atoms with Gasteiger partial charge in [0.05, 0.1) is 18.6 Å². The Bertz CT molecular complexity index is 905. The molecule has 1 aliphatic heterocycles. The molecule has 1 aromatic carbocycles. The molecule has 3 rings (SSSR count). The van der Waals surface area contributed by atoms with Crippen LogP contribution in [0.3, 0.4) is 0 Å². The van der Waals surface area contributed by atoms with Crippen LogP contribution in [0.15, 0.2) is 42.6 Å². The lowest BCUT2D eigenvalue weighted by Gasteiger charge is -2.36. The number of amides is 1.